The number of aromatic nitrogens is 2. The molecule has 0 aliphatic carbocycles. The molecule has 0 amide bonds. The fourth-order valence-corrected chi connectivity index (χ4v) is 4.08. The average molecular weight is 352 g/mol. The van der Waals surface area contributed by atoms with Gasteiger partial charge in [-0.15, -0.1) is 0 Å². The van der Waals surface area contributed by atoms with Crippen LogP contribution in [0, 0.1) is 6.92 Å². The summed E-state index contributed by atoms with van der Waals surface area (Å²) in [6, 6.07) is 17.1. The van der Waals surface area contributed by atoms with E-state index in [0.29, 0.717) is 0 Å². The van der Waals surface area contributed by atoms with Crippen molar-refractivity contribution < 1.29 is 4.57 Å². The van der Waals surface area contributed by atoms with Crippen molar-refractivity contribution in [2.45, 2.75) is 45.7 Å². The first-order valence-corrected chi connectivity index (χ1v) is 9.52. The van der Waals surface area contributed by atoms with Gasteiger partial charge in [0, 0.05) is 22.6 Å². The standard InChI is InChI=1S/C22H24ClN2/c1-17-11-12-19(20(23)14-17)15-24-16-21(18-8-4-2-5-9-18)25-13-7-3-6-10-22(24)25/h2,4-5,8-9,11-12,14,16H,3,6-7,10,13,15H2,1H3/q+1. The number of rotatable bonds is 3. The third-order valence-electron chi connectivity index (χ3n) is 5.11. The van der Waals surface area contributed by atoms with Crippen molar-refractivity contribution in [3.63, 3.8) is 0 Å². The van der Waals surface area contributed by atoms with Crippen LogP contribution < -0.4 is 4.57 Å². The third-order valence-corrected chi connectivity index (χ3v) is 5.46. The van der Waals surface area contributed by atoms with Gasteiger partial charge in [-0.2, -0.15) is 0 Å². The Labute approximate surface area is 154 Å². The van der Waals surface area contributed by atoms with Crippen LogP contribution in [-0.4, -0.2) is 4.57 Å². The minimum Gasteiger partial charge on any atom is -0.229 e. The molecule has 1 aromatic heterocycles. The normalized spacial score (nSPS) is 14.2. The lowest BCUT2D eigenvalue weighted by Crippen LogP contribution is -2.37. The summed E-state index contributed by atoms with van der Waals surface area (Å²) in [5.74, 6) is 1.42. The van der Waals surface area contributed by atoms with Crippen molar-refractivity contribution >= 4 is 11.6 Å². The summed E-state index contributed by atoms with van der Waals surface area (Å²) in [6.45, 7) is 4.02. The monoisotopic (exact) mass is 351 g/mol. The van der Waals surface area contributed by atoms with Gasteiger partial charge in [0.15, 0.2) is 5.69 Å². The molecule has 1 aliphatic heterocycles. The zero-order valence-corrected chi connectivity index (χ0v) is 15.5. The highest BCUT2D eigenvalue weighted by molar-refractivity contribution is 6.31. The molecule has 2 nitrogen and oxygen atoms in total. The summed E-state index contributed by atoms with van der Waals surface area (Å²) in [6.07, 6.45) is 7.27. The number of fused-ring (bicyclic) bond motifs is 1. The number of nitrogens with zero attached hydrogens (tertiary/aromatic N) is 2. The van der Waals surface area contributed by atoms with Gasteiger partial charge in [-0.05, 0) is 37.8 Å². The van der Waals surface area contributed by atoms with Gasteiger partial charge in [-0.1, -0.05) is 54.1 Å². The molecule has 0 unspecified atom stereocenters. The molecule has 2 aromatic carbocycles. The van der Waals surface area contributed by atoms with Crippen molar-refractivity contribution in [2.24, 2.45) is 0 Å². The Hall–Kier alpha value is -2.06. The first-order chi connectivity index (χ1) is 12.2. The minimum absolute atomic E-state index is 0.835. The van der Waals surface area contributed by atoms with Gasteiger partial charge < -0.3 is 0 Å². The summed E-state index contributed by atoms with van der Waals surface area (Å²) in [5.41, 5.74) is 5.01. The average Bonchev–Trinajstić information content (AvgIpc) is 2.79. The van der Waals surface area contributed by atoms with Crippen molar-refractivity contribution in [1.82, 2.24) is 4.57 Å². The van der Waals surface area contributed by atoms with Gasteiger partial charge in [0.05, 0.1) is 6.54 Å². The Morgan fingerprint density at radius 1 is 1.04 bits per heavy atom. The molecule has 0 N–H and O–H groups in total. The fourth-order valence-electron chi connectivity index (χ4n) is 3.78. The highest BCUT2D eigenvalue weighted by Crippen LogP contribution is 2.25. The fraction of sp³-hybridized carbons (Fsp3) is 0.318. The lowest BCUT2D eigenvalue weighted by Gasteiger charge is -2.05. The number of imidazole rings is 1. The Balaban J connectivity index is 1.78. The van der Waals surface area contributed by atoms with E-state index in [9.17, 15) is 0 Å². The molecule has 3 aromatic rings. The van der Waals surface area contributed by atoms with Gasteiger partial charge >= 0.3 is 0 Å². The Bertz CT molecular complexity index is 881. The van der Waals surface area contributed by atoms with Crippen molar-refractivity contribution in [1.29, 1.82) is 0 Å². The van der Waals surface area contributed by atoms with Crippen molar-refractivity contribution in [2.75, 3.05) is 0 Å². The summed E-state index contributed by atoms with van der Waals surface area (Å²) in [5, 5.41) is 0.863. The van der Waals surface area contributed by atoms with Crippen LogP contribution >= 0.6 is 11.6 Å². The van der Waals surface area contributed by atoms with Gasteiger partial charge in [0.2, 0.25) is 0 Å². The SMILES string of the molecule is Cc1ccc(C[n+]2cc(-c3ccccc3)n3c2CCCCC3)c(Cl)c1. The maximum atomic E-state index is 6.50. The van der Waals surface area contributed by atoms with E-state index in [-0.39, 0.29) is 0 Å². The molecular weight excluding hydrogens is 328 g/mol. The topological polar surface area (TPSA) is 8.81 Å². The maximum Gasteiger partial charge on any atom is 0.257 e. The molecule has 3 heteroatoms. The Kier molecular flexibility index (Phi) is 4.63. The molecule has 0 saturated carbocycles. The molecule has 128 valence electrons. The molecule has 0 atom stereocenters. The summed E-state index contributed by atoms with van der Waals surface area (Å²) < 4.78 is 4.93. The second kappa shape index (κ2) is 7.05. The summed E-state index contributed by atoms with van der Waals surface area (Å²) >= 11 is 6.50. The van der Waals surface area contributed by atoms with E-state index in [4.69, 9.17) is 11.6 Å². The second-order valence-corrected chi connectivity index (χ2v) is 7.39. The van der Waals surface area contributed by atoms with Crippen LogP contribution in [0.25, 0.3) is 11.3 Å². The zero-order chi connectivity index (χ0) is 17.2. The molecule has 0 fully saturated rings. The van der Waals surface area contributed by atoms with Crippen LogP contribution in [0.2, 0.25) is 5.02 Å². The minimum atomic E-state index is 0.835. The molecular formula is C22H24ClN2+. The maximum absolute atomic E-state index is 6.50. The molecule has 25 heavy (non-hydrogen) atoms. The molecule has 2 heterocycles. The molecule has 0 saturated heterocycles. The van der Waals surface area contributed by atoms with Crippen LogP contribution in [0.3, 0.4) is 0 Å². The Morgan fingerprint density at radius 2 is 1.88 bits per heavy atom. The van der Waals surface area contributed by atoms with E-state index in [1.807, 2.05) is 0 Å². The van der Waals surface area contributed by atoms with Gasteiger partial charge in [-0.3, -0.25) is 0 Å². The quantitative estimate of drug-likeness (QED) is 0.575. The third kappa shape index (κ3) is 3.36. The van der Waals surface area contributed by atoms with Crippen LogP contribution in [0.5, 0.6) is 0 Å². The molecule has 0 spiro atoms. The van der Waals surface area contributed by atoms with Crippen molar-refractivity contribution in [3.05, 3.63) is 76.7 Å². The van der Waals surface area contributed by atoms with Crippen LogP contribution in [0.4, 0.5) is 0 Å². The lowest BCUT2D eigenvalue weighted by atomic mass is 10.1. The molecule has 0 bridgehead atoms. The van der Waals surface area contributed by atoms with Crippen LogP contribution in [0.15, 0.2) is 54.7 Å². The predicted molar refractivity (Wildman–Crippen MR) is 103 cm³/mol. The first-order valence-electron chi connectivity index (χ1n) is 9.14. The van der Waals surface area contributed by atoms with E-state index in [1.54, 1.807) is 0 Å². The highest BCUT2D eigenvalue weighted by Gasteiger charge is 2.26. The van der Waals surface area contributed by atoms with E-state index < -0.39 is 0 Å². The molecule has 0 radical (unpaired) electrons. The second-order valence-electron chi connectivity index (χ2n) is 6.98. The van der Waals surface area contributed by atoms with Gasteiger partial charge in [0.25, 0.3) is 5.82 Å². The Morgan fingerprint density at radius 3 is 2.68 bits per heavy atom. The zero-order valence-electron chi connectivity index (χ0n) is 14.7. The van der Waals surface area contributed by atoms with Crippen molar-refractivity contribution in [3.8, 4) is 11.3 Å². The number of aryl methyl sites for hydroxylation is 1. The number of halogens is 1. The first kappa shape index (κ1) is 16.4. The van der Waals surface area contributed by atoms with E-state index >= 15 is 0 Å². The predicted octanol–water partition coefficient (Wildman–Crippen LogP) is 5.18. The number of hydrogen-bond donors (Lipinski definition) is 0. The smallest absolute Gasteiger partial charge is 0.229 e. The van der Waals surface area contributed by atoms with Crippen LogP contribution in [0.1, 0.15) is 36.2 Å². The van der Waals surface area contributed by atoms with Crippen LogP contribution in [-0.2, 0) is 19.5 Å². The molecule has 4 rings (SSSR count). The largest absolute Gasteiger partial charge is 0.257 e. The summed E-state index contributed by atoms with van der Waals surface area (Å²) in [4.78, 5) is 0. The van der Waals surface area contributed by atoms with Gasteiger partial charge in [0.1, 0.15) is 12.7 Å². The highest BCUT2D eigenvalue weighted by atomic mass is 35.5. The van der Waals surface area contributed by atoms with E-state index in [0.717, 1.165) is 24.5 Å². The van der Waals surface area contributed by atoms with E-state index in [1.165, 1.54) is 47.5 Å². The summed E-state index contributed by atoms with van der Waals surface area (Å²) in [7, 11) is 0. The number of hydrogen-bond acceptors (Lipinski definition) is 0. The lowest BCUT2D eigenvalue weighted by molar-refractivity contribution is -0.695. The number of benzene rings is 2. The van der Waals surface area contributed by atoms with Gasteiger partial charge in [-0.25, -0.2) is 9.13 Å². The molecule has 1 aliphatic rings. The van der Waals surface area contributed by atoms with E-state index in [2.05, 4.69) is 70.8 Å².